The summed E-state index contributed by atoms with van der Waals surface area (Å²) in [6, 6.07) is 16.0. The first-order chi connectivity index (χ1) is 16.0. The van der Waals surface area contributed by atoms with E-state index in [1.165, 1.54) is 0 Å². The second-order valence-corrected chi connectivity index (χ2v) is 8.81. The lowest BCUT2D eigenvalue weighted by molar-refractivity contribution is -0.678. The molecule has 5 nitrogen and oxygen atoms in total. The molecule has 2 aromatic heterocycles. The van der Waals surface area contributed by atoms with Gasteiger partial charge in [-0.3, -0.25) is 0 Å². The van der Waals surface area contributed by atoms with Gasteiger partial charge in [0.15, 0.2) is 6.54 Å². The predicted octanol–water partition coefficient (Wildman–Crippen LogP) is 6.28. The molecule has 0 N–H and O–H groups in total. The Hall–Kier alpha value is -3.34. The molecule has 0 aliphatic heterocycles. The van der Waals surface area contributed by atoms with Crippen LogP contribution in [0.15, 0.2) is 62.2 Å². The summed E-state index contributed by atoms with van der Waals surface area (Å²) in [6.45, 7) is 11.4. The highest BCUT2D eigenvalue weighted by Crippen LogP contribution is 2.23. The van der Waals surface area contributed by atoms with Crippen LogP contribution < -0.4 is 15.1 Å². The number of anilines is 1. The molecule has 0 aliphatic carbocycles. The van der Waals surface area contributed by atoms with Crippen molar-refractivity contribution in [3.05, 3.63) is 70.4 Å². The van der Waals surface area contributed by atoms with Crippen molar-refractivity contribution in [1.29, 1.82) is 0 Å². The van der Waals surface area contributed by atoms with Crippen LogP contribution in [0.2, 0.25) is 0 Å². The lowest BCUT2D eigenvalue weighted by Gasteiger charge is -2.20. The van der Waals surface area contributed by atoms with Crippen LogP contribution in [0.4, 0.5) is 5.69 Å². The van der Waals surface area contributed by atoms with Gasteiger partial charge in [0, 0.05) is 42.7 Å². The summed E-state index contributed by atoms with van der Waals surface area (Å²) in [5.41, 5.74) is 3.73. The van der Waals surface area contributed by atoms with E-state index in [1.807, 2.05) is 42.5 Å². The number of fused-ring (bicyclic) bond motifs is 2. The first kappa shape index (κ1) is 22.8. The number of aromatic nitrogens is 1. The van der Waals surface area contributed by atoms with Gasteiger partial charge in [-0.1, -0.05) is 26.0 Å². The van der Waals surface area contributed by atoms with Crippen LogP contribution in [-0.4, -0.2) is 13.1 Å². The molecule has 0 saturated carbocycles. The van der Waals surface area contributed by atoms with E-state index in [0.29, 0.717) is 17.1 Å². The van der Waals surface area contributed by atoms with E-state index in [0.717, 1.165) is 60.5 Å². The SMILES string of the molecule is CCN(CC)c1ccc2cc(/C=C/c3oc4ccccc4[n+]3CCCC(C)C)c(=O)oc2c1. The van der Waals surface area contributed by atoms with E-state index < -0.39 is 0 Å². The van der Waals surface area contributed by atoms with E-state index in [4.69, 9.17) is 8.83 Å². The maximum absolute atomic E-state index is 12.7. The van der Waals surface area contributed by atoms with Crippen LogP contribution in [0.1, 0.15) is 52.0 Å². The van der Waals surface area contributed by atoms with Crippen LogP contribution in [0.3, 0.4) is 0 Å². The van der Waals surface area contributed by atoms with Gasteiger partial charge in [-0.2, -0.15) is 4.57 Å². The van der Waals surface area contributed by atoms with Gasteiger partial charge >= 0.3 is 11.5 Å². The molecule has 0 bridgehead atoms. The quantitative estimate of drug-likeness (QED) is 0.225. The van der Waals surface area contributed by atoms with Gasteiger partial charge in [-0.25, -0.2) is 4.79 Å². The second-order valence-electron chi connectivity index (χ2n) is 8.81. The van der Waals surface area contributed by atoms with Crippen molar-refractivity contribution in [3.63, 3.8) is 0 Å². The average molecular weight is 446 g/mol. The minimum absolute atomic E-state index is 0.349. The zero-order valence-corrected chi connectivity index (χ0v) is 20.0. The number of oxazole rings is 1. The molecule has 2 heterocycles. The Balaban J connectivity index is 1.67. The monoisotopic (exact) mass is 445 g/mol. The number of benzene rings is 2. The Morgan fingerprint density at radius 2 is 1.76 bits per heavy atom. The summed E-state index contributed by atoms with van der Waals surface area (Å²) in [5.74, 6) is 1.39. The third-order valence-electron chi connectivity index (χ3n) is 6.08. The van der Waals surface area contributed by atoms with Crippen LogP contribution in [0.25, 0.3) is 34.2 Å². The Labute approximate surface area is 194 Å². The Kier molecular flexibility index (Phi) is 6.97. The molecule has 4 rings (SSSR count). The normalized spacial score (nSPS) is 11.9. The molecule has 0 amide bonds. The molecular formula is C28H33N2O3+. The van der Waals surface area contributed by atoms with Crippen molar-refractivity contribution < 1.29 is 13.4 Å². The number of para-hydroxylation sites is 2. The molecule has 5 heteroatoms. The Morgan fingerprint density at radius 3 is 2.52 bits per heavy atom. The molecule has 33 heavy (non-hydrogen) atoms. The van der Waals surface area contributed by atoms with E-state index in [1.54, 1.807) is 6.08 Å². The maximum Gasteiger partial charge on any atom is 0.374 e. The third kappa shape index (κ3) is 5.03. The summed E-state index contributed by atoms with van der Waals surface area (Å²) in [4.78, 5) is 14.9. The topological polar surface area (TPSA) is 50.5 Å². The predicted molar refractivity (Wildman–Crippen MR) is 135 cm³/mol. The zero-order valence-electron chi connectivity index (χ0n) is 20.0. The van der Waals surface area contributed by atoms with E-state index in [2.05, 4.69) is 49.3 Å². The van der Waals surface area contributed by atoms with Gasteiger partial charge < -0.3 is 13.7 Å². The average Bonchev–Trinajstić information content (AvgIpc) is 3.16. The van der Waals surface area contributed by atoms with E-state index in [9.17, 15) is 4.79 Å². The Morgan fingerprint density at radius 1 is 0.970 bits per heavy atom. The third-order valence-corrected chi connectivity index (χ3v) is 6.08. The van der Waals surface area contributed by atoms with Gasteiger partial charge in [0.25, 0.3) is 5.52 Å². The molecule has 0 fully saturated rings. The van der Waals surface area contributed by atoms with Crippen LogP contribution in [-0.2, 0) is 6.54 Å². The van der Waals surface area contributed by atoms with Crippen LogP contribution in [0, 0.1) is 5.92 Å². The van der Waals surface area contributed by atoms with Gasteiger partial charge in [0.2, 0.25) is 5.58 Å². The number of rotatable bonds is 9. The molecule has 4 aromatic rings. The lowest BCUT2D eigenvalue weighted by Crippen LogP contribution is -2.35. The van der Waals surface area contributed by atoms with Crippen LogP contribution >= 0.6 is 0 Å². The first-order valence-corrected chi connectivity index (χ1v) is 11.9. The van der Waals surface area contributed by atoms with Crippen molar-refractivity contribution in [2.24, 2.45) is 5.92 Å². The highest BCUT2D eigenvalue weighted by Gasteiger charge is 2.20. The summed E-state index contributed by atoms with van der Waals surface area (Å²) in [5, 5.41) is 0.902. The fourth-order valence-electron chi connectivity index (χ4n) is 4.24. The van der Waals surface area contributed by atoms with E-state index >= 15 is 0 Å². The number of nitrogens with zero attached hydrogens (tertiary/aromatic N) is 2. The molecule has 0 saturated heterocycles. The number of aryl methyl sites for hydroxylation is 1. The van der Waals surface area contributed by atoms with Crippen molar-refractivity contribution >= 4 is 39.9 Å². The molecule has 0 radical (unpaired) electrons. The highest BCUT2D eigenvalue weighted by molar-refractivity contribution is 5.83. The molecule has 172 valence electrons. The minimum Gasteiger partial charge on any atom is -0.422 e. The van der Waals surface area contributed by atoms with Gasteiger partial charge in [0.05, 0.1) is 11.6 Å². The highest BCUT2D eigenvalue weighted by atomic mass is 16.4. The maximum atomic E-state index is 12.7. The summed E-state index contributed by atoms with van der Waals surface area (Å²) >= 11 is 0. The Bertz CT molecular complexity index is 1330. The summed E-state index contributed by atoms with van der Waals surface area (Å²) in [6.07, 6.45) is 5.89. The standard InChI is InChI=1S/C28H33N2O3/c1-5-29(6-2)23-15-13-21-18-22(28(31)33-26(21)19-23)14-16-27-30(17-9-10-20(3)4)24-11-7-8-12-25(24)32-27/h7-8,11-16,18-20H,5-6,9-10,17H2,1-4H3/q+1. The van der Waals surface area contributed by atoms with Crippen molar-refractivity contribution in [1.82, 2.24) is 0 Å². The summed E-state index contributed by atoms with van der Waals surface area (Å²) in [7, 11) is 0. The largest absolute Gasteiger partial charge is 0.422 e. The van der Waals surface area contributed by atoms with Gasteiger partial charge in [-0.05, 0) is 56.5 Å². The zero-order chi connectivity index (χ0) is 23.4. The summed E-state index contributed by atoms with van der Waals surface area (Å²) < 4.78 is 14.0. The van der Waals surface area contributed by atoms with E-state index in [-0.39, 0.29) is 5.63 Å². The number of hydrogen-bond acceptors (Lipinski definition) is 4. The molecule has 0 unspecified atom stereocenters. The van der Waals surface area contributed by atoms with Gasteiger partial charge in [0.1, 0.15) is 5.58 Å². The molecule has 0 spiro atoms. The minimum atomic E-state index is -0.349. The first-order valence-electron chi connectivity index (χ1n) is 11.9. The molecule has 0 atom stereocenters. The van der Waals surface area contributed by atoms with Crippen LogP contribution in [0.5, 0.6) is 0 Å². The molecule has 0 aliphatic rings. The van der Waals surface area contributed by atoms with Crippen molar-refractivity contribution in [2.75, 3.05) is 18.0 Å². The van der Waals surface area contributed by atoms with Crippen molar-refractivity contribution in [3.8, 4) is 0 Å². The van der Waals surface area contributed by atoms with Gasteiger partial charge in [-0.15, -0.1) is 0 Å². The molecule has 2 aromatic carbocycles. The lowest BCUT2D eigenvalue weighted by atomic mass is 10.1. The number of hydrogen-bond donors (Lipinski definition) is 0. The smallest absolute Gasteiger partial charge is 0.374 e. The van der Waals surface area contributed by atoms with Crippen molar-refractivity contribution in [2.45, 2.75) is 47.1 Å². The molecular weight excluding hydrogens is 412 g/mol. The second kappa shape index (κ2) is 10.1. The fraction of sp³-hybridized carbons (Fsp3) is 0.357. The fourth-order valence-corrected chi connectivity index (χ4v) is 4.24.